The lowest BCUT2D eigenvalue weighted by atomic mass is 10.2. The number of carbonyl (C=O) groups excluding carboxylic acids is 2. The molecule has 0 bridgehead atoms. The first-order chi connectivity index (χ1) is 10.8. The van der Waals surface area contributed by atoms with Crippen LogP contribution in [0.25, 0.3) is 0 Å². The van der Waals surface area contributed by atoms with Gasteiger partial charge in [-0.3, -0.25) is 9.59 Å². The van der Waals surface area contributed by atoms with E-state index < -0.39 is 0 Å². The largest absolute Gasteiger partial charge is 0.494 e. The molecule has 1 rings (SSSR count). The summed E-state index contributed by atoms with van der Waals surface area (Å²) in [5, 5.41) is 0.705. The standard InChI is InChI=1S/C17H25ClN2O3/c1-5-20(12-17(22)19(3)4)16(21)7-6-10-23-14-8-9-15(18)13(2)11-14/h8-9,11H,5-7,10,12H2,1-4H3. The summed E-state index contributed by atoms with van der Waals surface area (Å²) >= 11 is 5.96. The van der Waals surface area contributed by atoms with Crippen LogP contribution in [0, 0.1) is 6.92 Å². The Balaban J connectivity index is 2.37. The van der Waals surface area contributed by atoms with E-state index in [0.717, 1.165) is 11.3 Å². The molecule has 0 N–H and O–H groups in total. The molecule has 0 saturated heterocycles. The van der Waals surface area contributed by atoms with Crippen LogP contribution in [-0.2, 0) is 9.59 Å². The van der Waals surface area contributed by atoms with Gasteiger partial charge in [-0.05, 0) is 44.0 Å². The molecule has 0 aliphatic rings. The van der Waals surface area contributed by atoms with Crippen LogP contribution in [0.3, 0.4) is 0 Å². The lowest BCUT2D eigenvalue weighted by Crippen LogP contribution is -2.40. The molecule has 1 aromatic rings. The van der Waals surface area contributed by atoms with Gasteiger partial charge >= 0.3 is 0 Å². The molecule has 5 nitrogen and oxygen atoms in total. The van der Waals surface area contributed by atoms with Gasteiger partial charge in [0.25, 0.3) is 0 Å². The van der Waals surface area contributed by atoms with E-state index in [9.17, 15) is 9.59 Å². The molecule has 0 radical (unpaired) electrons. The van der Waals surface area contributed by atoms with E-state index in [0.29, 0.717) is 31.0 Å². The molecule has 0 heterocycles. The van der Waals surface area contributed by atoms with Crippen LogP contribution in [-0.4, -0.2) is 55.4 Å². The molecule has 0 saturated carbocycles. The number of amides is 2. The average Bonchev–Trinajstić information content (AvgIpc) is 2.51. The third-order valence-electron chi connectivity index (χ3n) is 3.49. The molecule has 0 aliphatic heterocycles. The Labute approximate surface area is 143 Å². The molecule has 0 aliphatic carbocycles. The number of carbonyl (C=O) groups is 2. The molecule has 0 unspecified atom stereocenters. The Morgan fingerprint density at radius 3 is 2.48 bits per heavy atom. The Kier molecular flexibility index (Phi) is 7.89. The van der Waals surface area contributed by atoms with Crippen molar-refractivity contribution >= 4 is 23.4 Å². The molecule has 0 aromatic heterocycles. The number of ether oxygens (including phenoxy) is 1. The molecular formula is C17H25ClN2O3. The molecule has 6 heteroatoms. The molecule has 0 fully saturated rings. The summed E-state index contributed by atoms with van der Waals surface area (Å²) in [6.45, 7) is 4.88. The number of hydrogen-bond donors (Lipinski definition) is 0. The van der Waals surface area contributed by atoms with Crippen LogP contribution in [0.2, 0.25) is 5.02 Å². The van der Waals surface area contributed by atoms with Gasteiger partial charge in [0.05, 0.1) is 13.2 Å². The maximum atomic E-state index is 12.1. The molecule has 23 heavy (non-hydrogen) atoms. The van der Waals surface area contributed by atoms with Gasteiger partial charge in [-0.2, -0.15) is 0 Å². The van der Waals surface area contributed by atoms with E-state index in [1.54, 1.807) is 25.1 Å². The van der Waals surface area contributed by atoms with Crippen LogP contribution in [0.15, 0.2) is 18.2 Å². The number of likely N-dealkylation sites (N-methyl/N-ethyl adjacent to an activating group) is 2. The number of benzene rings is 1. The van der Waals surface area contributed by atoms with Gasteiger partial charge in [0, 0.05) is 32.1 Å². The highest BCUT2D eigenvalue weighted by atomic mass is 35.5. The molecular weight excluding hydrogens is 316 g/mol. The van der Waals surface area contributed by atoms with Gasteiger partial charge in [-0.25, -0.2) is 0 Å². The van der Waals surface area contributed by atoms with Crippen molar-refractivity contribution in [3.8, 4) is 5.75 Å². The van der Waals surface area contributed by atoms with Gasteiger partial charge < -0.3 is 14.5 Å². The second-order valence-corrected chi connectivity index (χ2v) is 5.97. The first-order valence-corrected chi connectivity index (χ1v) is 8.09. The van der Waals surface area contributed by atoms with Crippen LogP contribution in [0.4, 0.5) is 0 Å². The summed E-state index contributed by atoms with van der Waals surface area (Å²) in [6, 6.07) is 5.48. The molecule has 0 atom stereocenters. The van der Waals surface area contributed by atoms with Crippen LogP contribution < -0.4 is 4.74 Å². The molecule has 1 aromatic carbocycles. The quantitative estimate of drug-likeness (QED) is 0.684. The zero-order valence-corrected chi connectivity index (χ0v) is 15.0. The minimum Gasteiger partial charge on any atom is -0.494 e. The van der Waals surface area contributed by atoms with Crippen molar-refractivity contribution in [2.75, 3.05) is 33.8 Å². The van der Waals surface area contributed by atoms with Crippen molar-refractivity contribution in [3.05, 3.63) is 28.8 Å². The third-order valence-corrected chi connectivity index (χ3v) is 3.92. The monoisotopic (exact) mass is 340 g/mol. The van der Waals surface area contributed by atoms with Gasteiger partial charge in [-0.1, -0.05) is 11.6 Å². The molecule has 2 amide bonds. The topological polar surface area (TPSA) is 49.9 Å². The summed E-state index contributed by atoms with van der Waals surface area (Å²) in [6.07, 6.45) is 0.967. The fourth-order valence-corrected chi connectivity index (χ4v) is 2.08. The summed E-state index contributed by atoms with van der Waals surface area (Å²) in [5.41, 5.74) is 0.958. The first-order valence-electron chi connectivity index (χ1n) is 7.72. The van der Waals surface area contributed by atoms with E-state index in [2.05, 4.69) is 0 Å². The minimum absolute atomic E-state index is 0.0291. The first kappa shape index (κ1) is 19.3. The summed E-state index contributed by atoms with van der Waals surface area (Å²) in [4.78, 5) is 26.9. The zero-order valence-electron chi connectivity index (χ0n) is 14.3. The van der Waals surface area contributed by atoms with Crippen molar-refractivity contribution in [1.82, 2.24) is 9.80 Å². The lowest BCUT2D eigenvalue weighted by molar-refractivity contribution is -0.139. The Bertz CT molecular complexity index is 547. The van der Waals surface area contributed by atoms with E-state index >= 15 is 0 Å². The van der Waals surface area contributed by atoms with Crippen LogP contribution in [0.1, 0.15) is 25.3 Å². The van der Waals surface area contributed by atoms with Gasteiger partial charge in [0.15, 0.2) is 0 Å². The number of rotatable bonds is 8. The SMILES string of the molecule is CCN(CC(=O)N(C)C)C(=O)CCCOc1ccc(Cl)c(C)c1. The highest BCUT2D eigenvalue weighted by Crippen LogP contribution is 2.21. The minimum atomic E-state index is -0.0758. The summed E-state index contributed by atoms with van der Waals surface area (Å²) in [5.74, 6) is 0.640. The van der Waals surface area contributed by atoms with E-state index in [1.165, 1.54) is 4.90 Å². The van der Waals surface area contributed by atoms with E-state index in [-0.39, 0.29) is 18.4 Å². The fourth-order valence-electron chi connectivity index (χ4n) is 1.96. The lowest BCUT2D eigenvalue weighted by Gasteiger charge is -2.22. The van der Waals surface area contributed by atoms with Gasteiger partial charge in [0.2, 0.25) is 11.8 Å². The Hall–Kier alpha value is -1.75. The third kappa shape index (κ3) is 6.48. The highest BCUT2D eigenvalue weighted by molar-refractivity contribution is 6.31. The number of nitrogens with zero attached hydrogens (tertiary/aromatic N) is 2. The number of aryl methyl sites for hydroxylation is 1. The van der Waals surface area contributed by atoms with Crippen molar-refractivity contribution in [1.29, 1.82) is 0 Å². The average molecular weight is 341 g/mol. The maximum absolute atomic E-state index is 12.1. The molecule has 128 valence electrons. The number of halogens is 1. The van der Waals surface area contributed by atoms with Crippen molar-refractivity contribution < 1.29 is 14.3 Å². The second-order valence-electron chi connectivity index (χ2n) is 5.56. The second kappa shape index (κ2) is 9.40. The van der Waals surface area contributed by atoms with Crippen molar-refractivity contribution in [2.24, 2.45) is 0 Å². The predicted octanol–water partition coefficient (Wildman–Crippen LogP) is 2.74. The predicted molar refractivity (Wildman–Crippen MR) is 91.9 cm³/mol. The van der Waals surface area contributed by atoms with Crippen molar-refractivity contribution in [2.45, 2.75) is 26.7 Å². The van der Waals surface area contributed by atoms with E-state index in [4.69, 9.17) is 16.3 Å². The maximum Gasteiger partial charge on any atom is 0.241 e. The molecule has 0 spiro atoms. The number of hydrogen-bond acceptors (Lipinski definition) is 3. The zero-order chi connectivity index (χ0) is 17.4. The van der Waals surface area contributed by atoms with Gasteiger partial charge in [-0.15, -0.1) is 0 Å². The Morgan fingerprint density at radius 1 is 1.22 bits per heavy atom. The van der Waals surface area contributed by atoms with E-state index in [1.807, 2.05) is 26.0 Å². The highest BCUT2D eigenvalue weighted by Gasteiger charge is 2.16. The normalized spacial score (nSPS) is 10.3. The van der Waals surface area contributed by atoms with Gasteiger partial charge in [0.1, 0.15) is 5.75 Å². The van der Waals surface area contributed by atoms with Crippen LogP contribution in [0.5, 0.6) is 5.75 Å². The summed E-state index contributed by atoms with van der Waals surface area (Å²) in [7, 11) is 3.37. The fraction of sp³-hybridized carbons (Fsp3) is 0.529. The van der Waals surface area contributed by atoms with Crippen LogP contribution >= 0.6 is 11.6 Å². The Morgan fingerprint density at radius 2 is 1.91 bits per heavy atom. The smallest absolute Gasteiger partial charge is 0.241 e. The van der Waals surface area contributed by atoms with Crippen molar-refractivity contribution in [3.63, 3.8) is 0 Å². The summed E-state index contributed by atoms with van der Waals surface area (Å²) < 4.78 is 5.62.